The topological polar surface area (TPSA) is 56.8 Å². The maximum atomic E-state index is 12.9. The molecule has 0 amide bonds. The van der Waals surface area contributed by atoms with Crippen molar-refractivity contribution >= 4 is 5.82 Å². The first kappa shape index (κ1) is 16.4. The van der Waals surface area contributed by atoms with Crippen molar-refractivity contribution in [3.63, 3.8) is 0 Å². The van der Waals surface area contributed by atoms with Gasteiger partial charge in [0.05, 0.1) is 6.20 Å². The molecule has 2 aromatic rings. The Morgan fingerprint density at radius 3 is 2.88 bits per heavy atom. The minimum absolute atomic E-state index is 0.385. The minimum atomic E-state index is -4.40. The molecule has 3 atom stereocenters. The van der Waals surface area contributed by atoms with E-state index in [-0.39, 0.29) is 0 Å². The van der Waals surface area contributed by atoms with Gasteiger partial charge < -0.3 is 10.2 Å². The van der Waals surface area contributed by atoms with E-state index in [2.05, 4.69) is 20.5 Å². The number of nitrogens with one attached hydrogen (secondary N) is 2. The second-order valence-electron chi connectivity index (χ2n) is 6.88. The highest BCUT2D eigenvalue weighted by Crippen LogP contribution is 2.40. The first-order valence-corrected chi connectivity index (χ1v) is 8.51. The molecule has 25 heavy (non-hydrogen) atoms. The van der Waals surface area contributed by atoms with Crippen LogP contribution >= 0.6 is 0 Å². The number of aromatic amines is 1. The zero-order valence-corrected chi connectivity index (χ0v) is 13.6. The number of nitrogens with zero attached hydrogens (tertiary/aromatic N) is 3. The highest BCUT2D eigenvalue weighted by Gasteiger charge is 2.43. The molecule has 1 aliphatic heterocycles. The Hall–Kier alpha value is -2.09. The van der Waals surface area contributed by atoms with E-state index in [1.165, 1.54) is 6.07 Å². The third-order valence-corrected chi connectivity index (χ3v) is 5.33. The van der Waals surface area contributed by atoms with Crippen LogP contribution in [0.15, 0.2) is 30.6 Å². The van der Waals surface area contributed by atoms with Gasteiger partial charge in [-0.15, -0.1) is 0 Å². The van der Waals surface area contributed by atoms with Gasteiger partial charge in [0.25, 0.3) is 0 Å². The standard InChI is InChI=1S/C17H20F3N5/c18-17(19,20)15-2-1-3-16(24-15)25-9-12-4-5-14(13(12)10-25)21-6-11-7-22-23-8-11/h1-3,7-8,12-14,21H,4-6,9-10H2,(H,22,23). The molecule has 1 saturated carbocycles. The number of hydrogen-bond acceptors (Lipinski definition) is 4. The number of anilines is 1. The van der Waals surface area contributed by atoms with E-state index in [4.69, 9.17) is 0 Å². The van der Waals surface area contributed by atoms with Crippen LogP contribution in [0.3, 0.4) is 0 Å². The number of rotatable bonds is 4. The summed E-state index contributed by atoms with van der Waals surface area (Å²) in [6.45, 7) is 2.29. The van der Waals surface area contributed by atoms with Crippen molar-refractivity contribution in [2.45, 2.75) is 31.6 Å². The van der Waals surface area contributed by atoms with Gasteiger partial charge in [0.15, 0.2) is 0 Å². The zero-order valence-electron chi connectivity index (χ0n) is 13.6. The Balaban J connectivity index is 1.42. The largest absolute Gasteiger partial charge is 0.433 e. The van der Waals surface area contributed by atoms with Crippen LogP contribution in [0.1, 0.15) is 24.1 Å². The van der Waals surface area contributed by atoms with Crippen molar-refractivity contribution in [3.05, 3.63) is 41.9 Å². The average Bonchev–Trinajstić information content (AvgIpc) is 3.30. The minimum Gasteiger partial charge on any atom is -0.356 e. The summed E-state index contributed by atoms with van der Waals surface area (Å²) in [6.07, 6.45) is 1.47. The zero-order chi connectivity index (χ0) is 17.4. The lowest BCUT2D eigenvalue weighted by Crippen LogP contribution is -2.35. The average molecular weight is 351 g/mol. The lowest BCUT2D eigenvalue weighted by atomic mass is 9.98. The monoisotopic (exact) mass is 351 g/mol. The molecule has 134 valence electrons. The number of halogens is 3. The molecule has 2 aromatic heterocycles. The third-order valence-electron chi connectivity index (χ3n) is 5.33. The predicted octanol–water partition coefficient (Wildman–Crippen LogP) is 2.83. The van der Waals surface area contributed by atoms with Crippen LogP contribution in [0, 0.1) is 11.8 Å². The summed E-state index contributed by atoms with van der Waals surface area (Å²) in [5.74, 6) is 1.39. The molecule has 2 aliphatic rings. The molecule has 2 N–H and O–H groups in total. The molecule has 0 spiro atoms. The molecule has 2 fully saturated rings. The van der Waals surface area contributed by atoms with Gasteiger partial charge in [0.1, 0.15) is 11.5 Å². The molecule has 1 aliphatic carbocycles. The Morgan fingerprint density at radius 2 is 2.12 bits per heavy atom. The van der Waals surface area contributed by atoms with E-state index < -0.39 is 11.9 Å². The Kier molecular flexibility index (Phi) is 4.15. The van der Waals surface area contributed by atoms with Gasteiger partial charge in [-0.05, 0) is 36.8 Å². The fourth-order valence-corrected chi connectivity index (χ4v) is 4.09. The Bertz CT molecular complexity index is 715. The van der Waals surface area contributed by atoms with Crippen LogP contribution in [0.25, 0.3) is 0 Å². The molecular weight excluding hydrogens is 331 g/mol. The summed E-state index contributed by atoms with van der Waals surface area (Å²) in [6, 6.07) is 4.52. The summed E-state index contributed by atoms with van der Waals surface area (Å²) < 4.78 is 38.7. The quantitative estimate of drug-likeness (QED) is 0.889. The summed E-state index contributed by atoms with van der Waals surface area (Å²) in [4.78, 5) is 5.83. The van der Waals surface area contributed by atoms with Crippen molar-refractivity contribution in [1.29, 1.82) is 0 Å². The first-order valence-electron chi connectivity index (χ1n) is 8.51. The van der Waals surface area contributed by atoms with Crippen LogP contribution in [0.5, 0.6) is 0 Å². The number of H-pyrrole nitrogens is 1. The van der Waals surface area contributed by atoms with Crippen molar-refractivity contribution in [2.75, 3.05) is 18.0 Å². The summed E-state index contributed by atoms with van der Waals surface area (Å²) in [5.41, 5.74) is 0.287. The van der Waals surface area contributed by atoms with Crippen LogP contribution in [-0.4, -0.2) is 34.3 Å². The molecule has 5 nitrogen and oxygen atoms in total. The fourth-order valence-electron chi connectivity index (χ4n) is 4.09. The van der Waals surface area contributed by atoms with Gasteiger partial charge in [-0.25, -0.2) is 4.98 Å². The van der Waals surface area contributed by atoms with Gasteiger partial charge >= 0.3 is 6.18 Å². The molecule has 3 heterocycles. The summed E-state index contributed by atoms with van der Waals surface area (Å²) >= 11 is 0. The highest BCUT2D eigenvalue weighted by atomic mass is 19.4. The van der Waals surface area contributed by atoms with E-state index in [0.717, 1.165) is 44.1 Å². The van der Waals surface area contributed by atoms with Crippen LogP contribution in [0.2, 0.25) is 0 Å². The van der Waals surface area contributed by atoms with Crippen LogP contribution < -0.4 is 10.2 Å². The summed E-state index contributed by atoms with van der Waals surface area (Å²) in [5, 5.41) is 10.3. The van der Waals surface area contributed by atoms with E-state index in [0.29, 0.717) is 23.7 Å². The number of fused-ring (bicyclic) bond motifs is 1. The Labute approximate surface area is 143 Å². The Morgan fingerprint density at radius 1 is 1.24 bits per heavy atom. The van der Waals surface area contributed by atoms with E-state index in [9.17, 15) is 13.2 Å². The number of aromatic nitrogens is 3. The van der Waals surface area contributed by atoms with Crippen molar-refractivity contribution < 1.29 is 13.2 Å². The van der Waals surface area contributed by atoms with E-state index >= 15 is 0 Å². The molecule has 1 saturated heterocycles. The third kappa shape index (κ3) is 3.35. The highest BCUT2D eigenvalue weighted by molar-refractivity contribution is 5.42. The molecule has 8 heteroatoms. The van der Waals surface area contributed by atoms with Crippen molar-refractivity contribution in [1.82, 2.24) is 20.5 Å². The smallest absolute Gasteiger partial charge is 0.356 e. The fraction of sp³-hybridized carbons (Fsp3) is 0.529. The number of hydrogen-bond donors (Lipinski definition) is 2. The van der Waals surface area contributed by atoms with Gasteiger partial charge in [-0.3, -0.25) is 5.10 Å². The second-order valence-corrected chi connectivity index (χ2v) is 6.88. The van der Waals surface area contributed by atoms with Crippen LogP contribution in [-0.2, 0) is 12.7 Å². The lowest BCUT2D eigenvalue weighted by Gasteiger charge is -2.23. The van der Waals surface area contributed by atoms with Crippen molar-refractivity contribution in [2.24, 2.45) is 11.8 Å². The molecule has 3 unspecified atom stereocenters. The maximum Gasteiger partial charge on any atom is 0.433 e. The second kappa shape index (κ2) is 6.33. The van der Waals surface area contributed by atoms with Crippen LogP contribution in [0.4, 0.5) is 19.0 Å². The first-order chi connectivity index (χ1) is 12.0. The molecule has 0 radical (unpaired) electrons. The summed E-state index contributed by atoms with van der Waals surface area (Å²) in [7, 11) is 0. The molecule has 0 bridgehead atoms. The van der Waals surface area contributed by atoms with Gasteiger partial charge in [0, 0.05) is 37.4 Å². The lowest BCUT2D eigenvalue weighted by molar-refractivity contribution is -0.141. The van der Waals surface area contributed by atoms with Gasteiger partial charge in [0.2, 0.25) is 0 Å². The molecule has 4 rings (SSSR count). The van der Waals surface area contributed by atoms with Gasteiger partial charge in [-0.1, -0.05) is 6.07 Å². The van der Waals surface area contributed by atoms with Crippen molar-refractivity contribution in [3.8, 4) is 0 Å². The van der Waals surface area contributed by atoms with Gasteiger partial charge in [-0.2, -0.15) is 18.3 Å². The number of alkyl halides is 3. The molecule has 0 aromatic carbocycles. The SMILES string of the molecule is FC(F)(F)c1cccc(N2CC3CCC(NCc4cn[nH]c4)C3C2)n1. The molecular formula is C17H20F3N5. The predicted molar refractivity (Wildman–Crippen MR) is 86.9 cm³/mol. The van der Waals surface area contributed by atoms with E-state index in [1.807, 2.05) is 11.1 Å². The normalized spacial score (nSPS) is 26.2. The van der Waals surface area contributed by atoms with E-state index in [1.54, 1.807) is 12.3 Å². The number of pyridine rings is 1. The maximum absolute atomic E-state index is 12.9.